The molecular formula is C35H34FN4O4S+. The lowest BCUT2D eigenvalue weighted by molar-refractivity contribution is -0.728. The van der Waals surface area contributed by atoms with Crippen molar-refractivity contribution in [3.8, 4) is 11.1 Å². The van der Waals surface area contributed by atoms with Crippen molar-refractivity contribution in [1.82, 2.24) is 14.0 Å². The number of ketones is 1. The maximum Gasteiger partial charge on any atom is 0.328 e. The van der Waals surface area contributed by atoms with Crippen LogP contribution in [0, 0.1) is 11.2 Å². The number of aromatic nitrogens is 3. The Morgan fingerprint density at radius 2 is 1.76 bits per heavy atom. The average Bonchev–Trinajstić information content (AvgIpc) is 3.73. The lowest BCUT2D eigenvalue weighted by atomic mass is 9.98. The molecule has 1 atom stereocenters. The van der Waals surface area contributed by atoms with E-state index in [2.05, 4.69) is 4.57 Å². The lowest BCUT2D eigenvalue weighted by Gasteiger charge is -2.15. The minimum absolute atomic E-state index is 0.0535. The summed E-state index contributed by atoms with van der Waals surface area (Å²) < 4.78 is 24.5. The molecule has 0 radical (unpaired) electrons. The summed E-state index contributed by atoms with van der Waals surface area (Å²) >= 11 is 1.71. The summed E-state index contributed by atoms with van der Waals surface area (Å²) in [7, 11) is 3.33. The molecule has 0 fully saturated rings. The second kappa shape index (κ2) is 11.7. The molecule has 8 nitrogen and oxygen atoms in total. The van der Waals surface area contributed by atoms with Crippen molar-refractivity contribution in [2.24, 2.45) is 5.41 Å². The van der Waals surface area contributed by atoms with Gasteiger partial charge in [0.05, 0.1) is 10.9 Å². The van der Waals surface area contributed by atoms with Crippen molar-refractivity contribution in [3.05, 3.63) is 114 Å². The van der Waals surface area contributed by atoms with E-state index in [9.17, 15) is 18.8 Å². The summed E-state index contributed by atoms with van der Waals surface area (Å²) in [5, 5.41) is 0.611. The number of thioether (sulfide) groups is 1. The van der Waals surface area contributed by atoms with E-state index in [1.807, 2.05) is 80.3 Å². The van der Waals surface area contributed by atoms with Gasteiger partial charge in [0.1, 0.15) is 11.2 Å². The monoisotopic (exact) mass is 625 g/mol. The number of halogens is 1. The number of pyridine rings is 1. The highest BCUT2D eigenvalue weighted by atomic mass is 32.2. The van der Waals surface area contributed by atoms with Crippen LogP contribution in [0.15, 0.2) is 85.5 Å². The smallest absolute Gasteiger partial charge is 0.328 e. The number of ether oxygens (including phenoxy) is 1. The van der Waals surface area contributed by atoms with Gasteiger partial charge < -0.3 is 14.2 Å². The van der Waals surface area contributed by atoms with Gasteiger partial charge in [-0.2, -0.15) is 4.57 Å². The van der Waals surface area contributed by atoms with Gasteiger partial charge in [0, 0.05) is 66.1 Å². The van der Waals surface area contributed by atoms with Gasteiger partial charge in [-0.1, -0.05) is 24.3 Å². The first-order chi connectivity index (χ1) is 21.4. The Hall–Kier alpha value is -4.70. The number of fused-ring (bicyclic) bond motifs is 2. The van der Waals surface area contributed by atoms with Crippen LogP contribution in [0.4, 0.5) is 9.18 Å². The van der Waals surface area contributed by atoms with Crippen molar-refractivity contribution in [1.29, 1.82) is 0 Å². The zero-order chi connectivity index (χ0) is 32.0. The predicted molar refractivity (Wildman–Crippen MR) is 171 cm³/mol. The third-order valence-corrected chi connectivity index (χ3v) is 9.09. The molecule has 45 heavy (non-hydrogen) atoms. The fourth-order valence-electron chi connectivity index (χ4n) is 5.42. The van der Waals surface area contributed by atoms with Crippen LogP contribution in [0.25, 0.3) is 22.0 Å². The molecule has 2 aromatic carbocycles. The zero-order valence-corrected chi connectivity index (χ0v) is 26.6. The summed E-state index contributed by atoms with van der Waals surface area (Å²) in [5.74, 6) is -0.123. The number of hydrogen-bond acceptors (Lipinski definition) is 5. The molecule has 0 saturated carbocycles. The molecule has 0 aliphatic carbocycles. The molecule has 0 unspecified atom stereocenters. The molecule has 230 valence electrons. The van der Waals surface area contributed by atoms with Crippen LogP contribution in [-0.4, -0.2) is 45.9 Å². The van der Waals surface area contributed by atoms with Crippen LogP contribution in [0.1, 0.15) is 53.3 Å². The van der Waals surface area contributed by atoms with Gasteiger partial charge in [-0.05, 0) is 62.2 Å². The lowest BCUT2D eigenvalue weighted by Crippen LogP contribution is -2.38. The Labute approximate surface area is 265 Å². The summed E-state index contributed by atoms with van der Waals surface area (Å²) in [6.45, 7) is 5.57. The molecule has 3 aromatic heterocycles. The zero-order valence-electron chi connectivity index (χ0n) is 25.8. The van der Waals surface area contributed by atoms with E-state index < -0.39 is 5.41 Å². The number of benzene rings is 2. The van der Waals surface area contributed by atoms with E-state index in [-0.39, 0.29) is 35.7 Å². The van der Waals surface area contributed by atoms with E-state index in [4.69, 9.17) is 4.74 Å². The van der Waals surface area contributed by atoms with Crippen LogP contribution in [-0.2, 0) is 22.0 Å². The molecule has 6 rings (SSSR count). The quantitative estimate of drug-likeness (QED) is 0.120. The molecule has 0 N–H and O–H groups in total. The first kappa shape index (κ1) is 30.3. The van der Waals surface area contributed by atoms with Crippen LogP contribution in [0.2, 0.25) is 0 Å². The highest BCUT2D eigenvalue weighted by molar-refractivity contribution is 7.99. The first-order valence-electron chi connectivity index (χ1n) is 14.6. The second-order valence-electron chi connectivity index (χ2n) is 12.4. The summed E-state index contributed by atoms with van der Waals surface area (Å²) in [6.07, 6.45) is 7.37. The number of amides is 1. The van der Waals surface area contributed by atoms with Crippen LogP contribution in [0.5, 0.6) is 0 Å². The SMILES string of the molecule is CN(C)C(=O)n1cc(C(=O)c2ccn3c2CS[C@@H]3c2ccc[n+](COC(=O)C(C)(C)C)c2)c2ccc(-c3ccc(F)cc3)cc21. The van der Waals surface area contributed by atoms with Gasteiger partial charge in [0.2, 0.25) is 0 Å². The molecule has 1 aliphatic heterocycles. The van der Waals surface area contributed by atoms with Crippen molar-refractivity contribution in [2.75, 3.05) is 14.1 Å². The van der Waals surface area contributed by atoms with E-state index in [1.165, 1.54) is 21.6 Å². The molecule has 10 heteroatoms. The molecule has 0 spiro atoms. The molecule has 0 bridgehead atoms. The number of rotatable bonds is 6. The van der Waals surface area contributed by atoms with E-state index in [0.29, 0.717) is 27.8 Å². The van der Waals surface area contributed by atoms with Gasteiger partial charge in [-0.15, -0.1) is 11.8 Å². The maximum absolute atomic E-state index is 14.2. The molecule has 5 aromatic rings. The minimum Gasteiger partial charge on any atom is -0.404 e. The Morgan fingerprint density at radius 3 is 2.47 bits per heavy atom. The highest BCUT2D eigenvalue weighted by Gasteiger charge is 2.32. The topological polar surface area (TPSA) is 77.4 Å². The van der Waals surface area contributed by atoms with Crippen molar-refractivity contribution in [2.45, 2.75) is 38.6 Å². The van der Waals surface area contributed by atoms with Crippen LogP contribution >= 0.6 is 11.8 Å². The number of esters is 1. The Kier molecular flexibility index (Phi) is 7.86. The Bertz CT molecular complexity index is 1950. The fraction of sp³-hybridized carbons (Fsp3) is 0.257. The number of hydrogen-bond donors (Lipinski definition) is 0. The van der Waals surface area contributed by atoms with E-state index >= 15 is 0 Å². The second-order valence-corrected chi connectivity index (χ2v) is 13.4. The van der Waals surface area contributed by atoms with Gasteiger partial charge >= 0.3 is 12.0 Å². The summed E-state index contributed by atoms with van der Waals surface area (Å²) in [4.78, 5) is 41.1. The van der Waals surface area contributed by atoms with Crippen molar-refractivity contribution < 1.29 is 28.1 Å². The number of carbonyl (C=O) groups excluding carboxylic acids is 3. The molecule has 1 aliphatic rings. The van der Waals surface area contributed by atoms with E-state index in [1.54, 1.807) is 44.2 Å². The Morgan fingerprint density at radius 1 is 1.02 bits per heavy atom. The normalized spacial score (nSPS) is 14.4. The van der Waals surface area contributed by atoms with Crippen molar-refractivity contribution in [3.63, 3.8) is 0 Å². The van der Waals surface area contributed by atoms with Gasteiger partial charge in [-0.3, -0.25) is 14.2 Å². The highest BCUT2D eigenvalue weighted by Crippen LogP contribution is 2.42. The third-order valence-electron chi connectivity index (χ3n) is 7.84. The first-order valence-corrected chi connectivity index (χ1v) is 15.6. The molecular weight excluding hydrogens is 591 g/mol. The number of nitrogens with zero attached hydrogens (tertiary/aromatic N) is 4. The molecule has 1 amide bonds. The standard InChI is InChI=1S/C35H34FN4O4S/c1-35(2,3)33(42)44-21-38-15-6-7-24(18-38)32-39-16-14-27(30(39)20-45-32)31(41)28-19-40(34(43)37(4)5)29-17-23(10-13-26(28)29)22-8-11-25(36)12-9-22/h6-19,32H,20-21H2,1-5H3/q+1/t32-/m1/s1. The van der Waals surface area contributed by atoms with Gasteiger partial charge in [0.25, 0.3) is 6.73 Å². The summed E-state index contributed by atoms with van der Waals surface area (Å²) in [5.41, 5.74) is 4.58. The number of carbonyl (C=O) groups is 3. The largest absolute Gasteiger partial charge is 0.404 e. The van der Waals surface area contributed by atoms with E-state index in [0.717, 1.165) is 22.4 Å². The van der Waals surface area contributed by atoms with Crippen LogP contribution in [0.3, 0.4) is 0 Å². The minimum atomic E-state index is -0.584. The van der Waals surface area contributed by atoms with Crippen LogP contribution < -0.4 is 4.57 Å². The Balaban J connectivity index is 1.32. The van der Waals surface area contributed by atoms with Crippen molar-refractivity contribution >= 4 is 40.4 Å². The third kappa shape index (κ3) is 5.78. The van der Waals surface area contributed by atoms with Gasteiger partial charge in [-0.25, -0.2) is 9.18 Å². The fourth-order valence-corrected chi connectivity index (χ4v) is 6.73. The maximum atomic E-state index is 14.2. The average molecular weight is 626 g/mol. The molecule has 0 saturated heterocycles. The predicted octanol–water partition coefficient (Wildman–Crippen LogP) is 6.64. The molecule has 4 heterocycles. The van der Waals surface area contributed by atoms with Gasteiger partial charge in [0.15, 0.2) is 18.2 Å². The summed E-state index contributed by atoms with van der Waals surface area (Å²) in [6, 6.07) is 17.3.